The first kappa shape index (κ1) is 14.6. The minimum absolute atomic E-state index is 0.374. The summed E-state index contributed by atoms with van der Waals surface area (Å²) in [6.07, 6.45) is 4.43. The lowest BCUT2D eigenvalue weighted by molar-refractivity contribution is 0.454. The second-order valence-corrected chi connectivity index (χ2v) is 4.15. The number of nitrogens with one attached hydrogen (secondary N) is 1. The summed E-state index contributed by atoms with van der Waals surface area (Å²) < 4.78 is 0. The van der Waals surface area contributed by atoms with Gasteiger partial charge in [0, 0.05) is 6.21 Å². The summed E-state index contributed by atoms with van der Waals surface area (Å²) in [5.74, 6) is 0.843. The number of rotatable bonds is 6. The normalized spacial score (nSPS) is 16.8. The molecule has 0 bridgehead atoms. The molecule has 3 nitrogen and oxygen atoms in total. The molecule has 0 fully saturated rings. The van der Waals surface area contributed by atoms with Crippen molar-refractivity contribution in [3.05, 3.63) is 24.0 Å². The third kappa shape index (κ3) is 4.43. The van der Waals surface area contributed by atoms with Crippen LogP contribution < -0.4 is 5.73 Å². The van der Waals surface area contributed by atoms with Crippen LogP contribution in [0.4, 0.5) is 0 Å². The monoisotopic (exact) mass is 221 g/mol. The molecule has 0 saturated carbocycles. The number of nitrogens with two attached hydrogens (primary N) is 1. The topological polar surface area (TPSA) is 62.2 Å². The summed E-state index contributed by atoms with van der Waals surface area (Å²) in [6, 6.07) is 0. The van der Waals surface area contributed by atoms with Crippen molar-refractivity contribution in [1.29, 1.82) is 5.41 Å². The molecular weight excluding hydrogens is 198 g/mol. The average Bonchev–Trinajstić information content (AvgIpc) is 2.25. The fraction of sp³-hybridized carbons (Fsp3) is 0.538. The van der Waals surface area contributed by atoms with Gasteiger partial charge in [0.15, 0.2) is 0 Å². The van der Waals surface area contributed by atoms with Crippen LogP contribution in [0, 0.1) is 17.2 Å². The zero-order chi connectivity index (χ0) is 12.7. The third-order valence-corrected chi connectivity index (χ3v) is 2.78. The van der Waals surface area contributed by atoms with Crippen LogP contribution in [0.1, 0.15) is 34.1 Å². The van der Waals surface area contributed by atoms with E-state index in [1.165, 1.54) is 0 Å². The summed E-state index contributed by atoms with van der Waals surface area (Å²) in [6.45, 7) is 11.6. The second kappa shape index (κ2) is 6.99. The highest BCUT2D eigenvalue weighted by molar-refractivity contribution is 5.95. The van der Waals surface area contributed by atoms with E-state index in [1.807, 2.05) is 13.0 Å². The van der Waals surface area contributed by atoms with E-state index in [1.54, 1.807) is 13.1 Å². The van der Waals surface area contributed by atoms with Crippen molar-refractivity contribution >= 4 is 11.9 Å². The van der Waals surface area contributed by atoms with Gasteiger partial charge >= 0.3 is 0 Å². The van der Waals surface area contributed by atoms with Crippen molar-refractivity contribution < 1.29 is 0 Å². The Morgan fingerprint density at radius 2 is 2.06 bits per heavy atom. The smallest absolute Gasteiger partial charge is 0.0741 e. The molecule has 2 atom stereocenters. The zero-order valence-corrected chi connectivity index (χ0v) is 10.7. The van der Waals surface area contributed by atoms with Crippen molar-refractivity contribution in [2.45, 2.75) is 34.1 Å². The van der Waals surface area contributed by atoms with Gasteiger partial charge < -0.3 is 11.1 Å². The van der Waals surface area contributed by atoms with E-state index in [2.05, 4.69) is 25.4 Å². The molecule has 0 aromatic rings. The number of nitrogens with zero attached hydrogens (tertiary/aromatic N) is 1. The predicted octanol–water partition coefficient (Wildman–Crippen LogP) is 3.14. The summed E-state index contributed by atoms with van der Waals surface area (Å²) in [5.41, 5.74) is 7.52. The van der Waals surface area contributed by atoms with Gasteiger partial charge in [-0.05, 0) is 32.1 Å². The van der Waals surface area contributed by atoms with Crippen LogP contribution in [0.3, 0.4) is 0 Å². The standard InChI is InChI=1S/C13H23N3/c1-6-9(3)10(4)8-12(16-7-2)13(15)11(5)14/h6-7,9-10,14H,1,8,15H2,2-5H3/b13-12+,14-11?,16-7-. The molecular formula is C13H23N3. The van der Waals surface area contributed by atoms with Crippen molar-refractivity contribution in [2.75, 3.05) is 0 Å². The molecule has 0 amide bonds. The predicted molar refractivity (Wildman–Crippen MR) is 71.9 cm³/mol. The Bertz CT molecular complexity index is 313. The van der Waals surface area contributed by atoms with Gasteiger partial charge in [0.05, 0.1) is 17.1 Å². The van der Waals surface area contributed by atoms with Gasteiger partial charge in [-0.1, -0.05) is 19.9 Å². The zero-order valence-electron chi connectivity index (χ0n) is 10.7. The fourth-order valence-electron chi connectivity index (χ4n) is 1.33. The lowest BCUT2D eigenvalue weighted by Gasteiger charge is -2.17. The Morgan fingerprint density at radius 3 is 2.44 bits per heavy atom. The fourth-order valence-corrected chi connectivity index (χ4v) is 1.33. The Balaban J connectivity index is 4.90. The molecule has 0 aliphatic carbocycles. The quantitative estimate of drug-likeness (QED) is 0.525. The molecule has 3 N–H and O–H groups in total. The van der Waals surface area contributed by atoms with Crippen LogP contribution in [-0.4, -0.2) is 11.9 Å². The summed E-state index contributed by atoms with van der Waals surface area (Å²) in [4.78, 5) is 4.26. The van der Waals surface area contributed by atoms with Gasteiger partial charge in [0.2, 0.25) is 0 Å². The van der Waals surface area contributed by atoms with Crippen LogP contribution in [-0.2, 0) is 0 Å². The van der Waals surface area contributed by atoms with E-state index in [9.17, 15) is 0 Å². The second-order valence-electron chi connectivity index (χ2n) is 4.15. The maximum Gasteiger partial charge on any atom is 0.0741 e. The molecule has 0 spiro atoms. The van der Waals surface area contributed by atoms with Crippen molar-refractivity contribution in [1.82, 2.24) is 0 Å². The molecule has 0 aliphatic rings. The highest BCUT2D eigenvalue weighted by Crippen LogP contribution is 2.22. The van der Waals surface area contributed by atoms with E-state index in [-0.39, 0.29) is 0 Å². The van der Waals surface area contributed by atoms with Crippen LogP contribution >= 0.6 is 0 Å². The molecule has 0 aliphatic heterocycles. The minimum atomic E-state index is 0.374. The molecule has 0 rings (SSSR count). The van der Waals surface area contributed by atoms with E-state index in [4.69, 9.17) is 11.1 Å². The first-order valence-electron chi connectivity index (χ1n) is 5.59. The number of hydrogen-bond acceptors (Lipinski definition) is 3. The Morgan fingerprint density at radius 1 is 1.50 bits per heavy atom. The SMILES string of the molecule is C=CC(C)C(C)CC(/N=C\C)=C(\N)C(C)=N. The van der Waals surface area contributed by atoms with Crippen LogP contribution in [0.2, 0.25) is 0 Å². The Hall–Kier alpha value is -1.38. The molecule has 0 aromatic heterocycles. The maximum atomic E-state index is 7.53. The summed E-state index contributed by atoms with van der Waals surface area (Å²) >= 11 is 0. The lowest BCUT2D eigenvalue weighted by Crippen LogP contribution is -2.13. The number of hydrogen-bond donors (Lipinski definition) is 2. The van der Waals surface area contributed by atoms with Crippen molar-refractivity contribution in [3.63, 3.8) is 0 Å². The molecule has 3 heteroatoms. The van der Waals surface area contributed by atoms with E-state index in [0.29, 0.717) is 23.2 Å². The van der Waals surface area contributed by atoms with Gasteiger partial charge in [0.1, 0.15) is 0 Å². The van der Waals surface area contributed by atoms with E-state index < -0.39 is 0 Å². The van der Waals surface area contributed by atoms with Gasteiger partial charge in [-0.25, -0.2) is 0 Å². The Labute approximate surface area is 98.7 Å². The lowest BCUT2D eigenvalue weighted by atomic mass is 9.91. The first-order chi connectivity index (χ1) is 7.43. The van der Waals surface area contributed by atoms with Crippen LogP contribution in [0.5, 0.6) is 0 Å². The molecule has 16 heavy (non-hydrogen) atoms. The van der Waals surface area contributed by atoms with Crippen molar-refractivity contribution in [3.8, 4) is 0 Å². The molecule has 0 radical (unpaired) electrons. The van der Waals surface area contributed by atoms with E-state index in [0.717, 1.165) is 12.1 Å². The molecule has 0 saturated heterocycles. The average molecular weight is 221 g/mol. The van der Waals surface area contributed by atoms with Crippen LogP contribution in [0.25, 0.3) is 0 Å². The number of allylic oxidation sites excluding steroid dienone is 3. The van der Waals surface area contributed by atoms with Gasteiger partial charge in [-0.15, -0.1) is 6.58 Å². The maximum absolute atomic E-state index is 7.53. The largest absolute Gasteiger partial charge is 0.396 e. The third-order valence-electron chi connectivity index (χ3n) is 2.78. The van der Waals surface area contributed by atoms with Crippen LogP contribution in [0.15, 0.2) is 29.0 Å². The van der Waals surface area contributed by atoms with Crippen molar-refractivity contribution in [2.24, 2.45) is 22.6 Å². The number of aliphatic imine (C=N–C) groups is 1. The molecule has 90 valence electrons. The van der Waals surface area contributed by atoms with Gasteiger partial charge in [-0.3, -0.25) is 4.99 Å². The molecule has 0 heterocycles. The Kier molecular flexibility index (Phi) is 6.38. The molecule has 0 aromatic carbocycles. The highest BCUT2D eigenvalue weighted by atomic mass is 14.8. The summed E-state index contributed by atoms with van der Waals surface area (Å²) in [7, 11) is 0. The molecule has 2 unspecified atom stereocenters. The van der Waals surface area contributed by atoms with E-state index >= 15 is 0 Å². The highest BCUT2D eigenvalue weighted by Gasteiger charge is 2.13. The minimum Gasteiger partial charge on any atom is -0.396 e. The van der Waals surface area contributed by atoms with Gasteiger partial charge in [0.25, 0.3) is 0 Å². The first-order valence-corrected chi connectivity index (χ1v) is 5.59. The summed E-state index contributed by atoms with van der Waals surface area (Å²) in [5, 5.41) is 7.53. The van der Waals surface area contributed by atoms with Gasteiger partial charge in [-0.2, -0.15) is 0 Å².